The van der Waals surface area contributed by atoms with E-state index in [1.54, 1.807) is 0 Å². The van der Waals surface area contributed by atoms with Crippen molar-refractivity contribution in [3.8, 4) is 0 Å². The van der Waals surface area contributed by atoms with Crippen LogP contribution < -0.4 is 0 Å². The van der Waals surface area contributed by atoms with E-state index in [1.807, 2.05) is 4.90 Å². The molecule has 2 fully saturated rings. The number of carbonyl (C=O) groups is 2. The van der Waals surface area contributed by atoms with E-state index in [1.165, 1.54) is 0 Å². The Hall–Kier alpha value is -2.05. The van der Waals surface area contributed by atoms with Gasteiger partial charge in [-0.05, 0) is 18.9 Å². The maximum absolute atomic E-state index is 13.5. The van der Waals surface area contributed by atoms with Gasteiger partial charge in [-0.3, -0.25) is 9.59 Å². The first kappa shape index (κ1) is 15.8. The fourth-order valence-corrected chi connectivity index (χ4v) is 2.78. The Morgan fingerprint density at radius 1 is 1.17 bits per heavy atom. The number of rotatable bonds is 5. The number of benzene rings is 1. The summed E-state index contributed by atoms with van der Waals surface area (Å²) in [7, 11) is 0. The van der Waals surface area contributed by atoms with E-state index in [4.69, 9.17) is 4.74 Å². The molecule has 1 amide bonds. The fraction of sp³-hybridized carbons (Fsp3) is 0.500. The normalized spacial score (nSPS) is 20.9. The molecule has 0 radical (unpaired) electrons. The molecule has 0 unspecified atom stereocenters. The van der Waals surface area contributed by atoms with Gasteiger partial charge in [0.25, 0.3) is 0 Å². The lowest BCUT2D eigenvalue weighted by molar-refractivity contribution is -0.144. The Bertz CT molecular complexity index is 646. The summed E-state index contributed by atoms with van der Waals surface area (Å²) in [6.07, 6.45) is 1.90. The molecular formula is C16H16F3NO3. The molecule has 1 aliphatic heterocycles. The lowest BCUT2D eigenvalue weighted by Crippen LogP contribution is -2.28. The van der Waals surface area contributed by atoms with Gasteiger partial charge in [0, 0.05) is 36.6 Å². The Morgan fingerprint density at radius 2 is 1.87 bits per heavy atom. The number of nitrogens with zero attached hydrogens (tertiary/aromatic N) is 1. The van der Waals surface area contributed by atoms with E-state index in [0.29, 0.717) is 31.1 Å². The average molecular weight is 327 g/mol. The predicted molar refractivity (Wildman–Crippen MR) is 73.8 cm³/mol. The molecule has 0 bridgehead atoms. The number of carbonyl (C=O) groups excluding carboxylic acids is 2. The molecule has 1 aliphatic carbocycles. The minimum atomic E-state index is -1.30. The molecule has 4 nitrogen and oxygen atoms in total. The van der Waals surface area contributed by atoms with Gasteiger partial charge in [0.1, 0.15) is 5.82 Å². The Kier molecular flexibility index (Phi) is 4.28. The number of hydrogen-bond acceptors (Lipinski definition) is 3. The zero-order chi connectivity index (χ0) is 16.6. The predicted octanol–water partition coefficient (Wildman–Crippen LogP) is 2.20. The van der Waals surface area contributed by atoms with Crippen LogP contribution in [0.2, 0.25) is 0 Å². The zero-order valence-electron chi connectivity index (χ0n) is 12.4. The van der Waals surface area contributed by atoms with Gasteiger partial charge in [0.15, 0.2) is 11.6 Å². The molecule has 23 heavy (non-hydrogen) atoms. The minimum Gasteiger partial charge on any atom is -0.465 e. The standard InChI is InChI=1S/C16H16F3NO3/c17-12-6-14(19)13(18)4-10(12)5-16(22)23-8-9-3-15(21)20(7-9)11-1-2-11/h4,6,9,11H,1-3,5,7-8H2/t9-/m1/s1. The maximum atomic E-state index is 13.5. The van der Waals surface area contributed by atoms with Crippen molar-refractivity contribution in [2.45, 2.75) is 31.7 Å². The third kappa shape index (κ3) is 3.65. The third-order valence-electron chi connectivity index (χ3n) is 4.13. The van der Waals surface area contributed by atoms with Gasteiger partial charge in [-0.15, -0.1) is 0 Å². The molecule has 0 N–H and O–H groups in total. The minimum absolute atomic E-state index is 0.0677. The van der Waals surface area contributed by atoms with E-state index in [0.717, 1.165) is 12.8 Å². The zero-order valence-corrected chi connectivity index (χ0v) is 12.4. The SMILES string of the molecule is O=C(Cc1cc(F)c(F)cc1F)OC[C@@H]1CC(=O)N(C2CC2)C1. The summed E-state index contributed by atoms with van der Waals surface area (Å²) >= 11 is 0. The molecule has 0 spiro atoms. The number of hydrogen-bond donors (Lipinski definition) is 0. The van der Waals surface area contributed by atoms with E-state index in [-0.39, 0.29) is 24.0 Å². The molecule has 2 aliphatic rings. The van der Waals surface area contributed by atoms with Gasteiger partial charge >= 0.3 is 5.97 Å². The third-order valence-corrected chi connectivity index (χ3v) is 4.13. The molecule has 1 atom stereocenters. The molecule has 1 saturated carbocycles. The van der Waals surface area contributed by atoms with Crippen molar-refractivity contribution in [2.75, 3.05) is 13.2 Å². The van der Waals surface area contributed by atoms with Gasteiger partial charge in [-0.1, -0.05) is 0 Å². The Balaban J connectivity index is 1.50. The van der Waals surface area contributed by atoms with Gasteiger partial charge < -0.3 is 9.64 Å². The first-order valence-electron chi connectivity index (χ1n) is 7.52. The van der Waals surface area contributed by atoms with Crippen LogP contribution in [0.3, 0.4) is 0 Å². The van der Waals surface area contributed by atoms with E-state index < -0.39 is 29.8 Å². The monoisotopic (exact) mass is 327 g/mol. The quantitative estimate of drug-likeness (QED) is 0.615. The molecule has 1 saturated heterocycles. The molecule has 3 rings (SSSR count). The Labute approximate surface area is 131 Å². The first-order valence-corrected chi connectivity index (χ1v) is 7.52. The van der Waals surface area contributed by atoms with Gasteiger partial charge in [0.2, 0.25) is 5.91 Å². The van der Waals surface area contributed by atoms with Crippen molar-refractivity contribution in [3.63, 3.8) is 0 Å². The second-order valence-corrected chi connectivity index (χ2v) is 6.06. The van der Waals surface area contributed by atoms with Crippen LogP contribution in [0.4, 0.5) is 13.2 Å². The number of esters is 1. The van der Waals surface area contributed by atoms with Crippen LogP contribution in [0.1, 0.15) is 24.8 Å². The summed E-state index contributed by atoms with van der Waals surface area (Å²) in [5.74, 6) is -4.23. The highest BCUT2D eigenvalue weighted by molar-refractivity contribution is 5.79. The summed E-state index contributed by atoms with van der Waals surface area (Å²) < 4.78 is 44.4. The summed E-state index contributed by atoms with van der Waals surface area (Å²) in [5.41, 5.74) is -0.254. The molecule has 1 aromatic carbocycles. The fourth-order valence-electron chi connectivity index (χ4n) is 2.78. The Morgan fingerprint density at radius 3 is 2.57 bits per heavy atom. The van der Waals surface area contributed by atoms with Gasteiger partial charge in [-0.2, -0.15) is 0 Å². The van der Waals surface area contributed by atoms with Crippen molar-refractivity contribution < 1.29 is 27.5 Å². The maximum Gasteiger partial charge on any atom is 0.310 e. The van der Waals surface area contributed by atoms with E-state index >= 15 is 0 Å². The van der Waals surface area contributed by atoms with Crippen molar-refractivity contribution in [1.29, 1.82) is 0 Å². The van der Waals surface area contributed by atoms with Crippen LogP contribution in [-0.2, 0) is 20.7 Å². The molecule has 1 aromatic rings. The molecule has 7 heteroatoms. The highest BCUT2D eigenvalue weighted by atomic mass is 19.2. The smallest absolute Gasteiger partial charge is 0.310 e. The van der Waals surface area contributed by atoms with Crippen molar-refractivity contribution in [2.24, 2.45) is 5.92 Å². The largest absolute Gasteiger partial charge is 0.465 e. The lowest BCUT2D eigenvalue weighted by atomic mass is 10.1. The highest BCUT2D eigenvalue weighted by Gasteiger charge is 2.39. The second-order valence-electron chi connectivity index (χ2n) is 6.06. The van der Waals surface area contributed by atoms with Crippen LogP contribution >= 0.6 is 0 Å². The van der Waals surface area contributed by atoms with E-state index in [2.05, 4.69) is 0 Å². The summed E-state index contributed by atoms with van der Waals surface area (Å²) in [4.78, 5) is 25.3. The van der Waals surface area contributed by atoms with Gasteiger partial charge in [0.05, 0.1) is 13.0 Å². The number of halogens is 3. The summed E-state index contributed by atoms with van der Waals surface area (Å²) in [5, 5.41) is 0. The van der Waals surface area contributed by atoms with Crippen molar-refractivity contribution >= 4 is 11.9 Å². The van der Waals surface area contributed by atoms with E-state index in [9.17, 15) is 22.8 Å². The lowest BCUT2D eigenvalue weighted by Gasteiger charge is -2.15. The van der Waals surface area contributed by atoms with Crippen LogP contribution in [0, 0.1) is 23.4 Å². The molecule has 124 valence electrons. The van der Waals surface area contributed by atoms with Crippen LogP contribution in [0.5, 0.6) is 0 Å². The van der Waals surface area contributed by atoms with Crippen molar-refractivity contribution in [3.05, 3.63) is 35.1 Å². The molecule has 1 heterocycles. The van der Waals surface area contributed by atoms with Crippen LogP contribution in [0.25, 0.3) is 0 Å². The molecular weight excluding hydrogens is 311 g/mol. The summed E-state index contributed by atoms with van der Waals surface area (Å²) in [6.45, 7) is 0.634. The van der Waals surface area contributed by atoms with Crippen molar-refractivity contribution in [1.82, 2.24) is 4.90 Å². The average Bonchev–Trinajstić information content (AvgIpc) is 3.26. The highest BCUT2D eigenvalue weighted by Crippen LogP contribution is 2.32. The van der Waals surface area contributed by atoms with Crippen LogP contribution in [0.15, 0.2) is 12.1 Å². The summed E-state index contributed by atoms with van der Waals surface area (Å²) in [6, 6.07) is 1.39. The number of amides is 1. The number of ether oxygens (including phenoxy) is 1. The number of likely N-dealkylation sites (tertiary alicyclic amines) is 1. The topological polar surface area (TPSA) is 46.6 Å². The molecule has 0 aromatic heterocycles. The first-order chi connectivity index (χ1) is 10.9. The van der Waals surface area contributed by atoms with Crippen LogP contribution in [-0.4, -0.2) is 36.0 Å². The van der Waals surface area contributed by atoms with Gasteiger partial charge in [-0.25, -0.2) is 13.2 Å². The second kappa shape index (κ2) is 6.22.